The summed E-state index contributed by atoms with van der Waals surface area (Å²) in [6, 6.07) is 0. The van der Waals surface area contributed by atoms with Crippen molar-refractivity contribution in [3.05, 3.63) is 11.8 Å². The Morgan fingerprint density at radius 3 is 2.75 bits per heavy atom. The Hall–Kier alpha value is -0.620. The van der Waals surface area contributed by atoms with Gasteiger partial charge in [0.15, 0.2) is 6.79 Å². The molecule has 5 nitrogen and oxygen atoms in total. The topological polar surface area (TPSA) is 68.2 Å². The van der Waals surface area contributed by atoms with E-state index < -0.39 is 0 Å². The second-order valence-electron chi connectivity index (χ2n) is 2.00. The number of aliphatic hydroxyl groups excluding tert-OH is 1. The molecule has 0 aromatic heterocycles. The van der Waals surface area contributed by atoms with Crippen molar-refractivity contribution in [2.24, 2.45) is 0 Å². The summed E-state index contributed by atoms with van der Waals surface area (Å²) in [5, 5.41) is 19.6. The zero-order valence-electron chi connectivity index (χ0n) is 7.02. The lowest BCUT2D eigenvalue weighted by Gasteiger charge is -2.06. The van der Waals surface area contributed by atoms with E-state index in [9.17, 15) is 0 Å². The van der Waals surface area contributed by atoms with Crippen LogP contribution in [-0.2, 0) is 14.7 Å². The molecule has 0 saturated heterocycles. The first-order chi connectivity index (χ1) is 5.85. The number of hydrogen-bond acceptors (Lipinski definition) is 5. The Bertz CT molecular complexity index is 123. The Balaban J connectivity index is 3.56. The lowest BCUT2D eigenvalue weighted by Crippen LogP contribution is -2.00. The van der Waals surface area contributed by atoms with Crippen molar-refractivity contribution in [1.29, 1.82) is 0 Å². The molecule has 0 heterocycles. The fourth-order valence-corrected chi connectivity index (χ4v) is 0.723. The number of rotatable bonds is 7. The maximum atomic E-state index is 8.44. The Morgan fingerprint density at radius 1 is 1.50 bits per heavy atom. The summed E-state index contributed by atoms with van der Waals surface area (Å²) < 4.78 is 4.83. The van der Waals surface area contributed by atoms with Crippen molar-refractivity contribution < 1.29 is 25.0 Å². The normalized spacial score (nSPS) is 11.8. The SMILES string of the molecule is CC/C=C(/CCOOO)OCO. The van der Waals surface area contributed by atoms with Crippen LogP contribution in [0.5, 0.6) is 0 Å². The highest BCUT2D eigenvalue weighted by Gasteiger charge is 1.97. The number of hydrogen-bond donors (Lipinski definition) is 2. The molecular weight excluding hydrogens is 164 g/mol. The number of ether oxygens (including phenoxy) is 1. The summed E-state index contributed by atoms with van der Waals surface area (Å²) in [6.45, 7) is 1.78. The Morgan fingerprint density at radius 2 is 2.25 bits per heavy atom. The van der Waals surface area contributed by atoms with Crippen LogP contribution in [0.3, 0.4) is 0 Å². The molecule has 0 aromatic rings. The van der Waals surface area contributed by atoms with Gasteiger partial charge in [-0.3, -0.25) is 0 Å². The van der Waals surface area contributed by atoms with Gasteiger partial charge in [0.1, 0.15) is 0 Å². The highest BCUT2D eigenvalue weighted by atomic mass is 17.5. The predicted molar refractivity (Wildman–Crippen MR) is 40.8 cm³/mol. The maximum Gasteiger partial charge on any atom is 0.185 e. The van der Waals surface area contributed by atoms with Crippen LogP contribution in [0.15, 0.2) is 11.8 Å². The van der Waals surface area contributed by atoms with Crippen LogP contribution < -0.4 is 0 Å². The molecule has 0 rings (SSSR count). The van der Waals surface area contributed by atoms with Crippen LogP contribution in [0.1, 0.15) is 19.8 Å². The monoisotopic (exact) mass is 178 g/mol. The van der Waals surface area contributed by atoms with E-state index in [-0.39, 0.29) is 13.4 Å². The minimum atomic E-state index is -0.355. The average molecular weight is 178 g/mol. The third-order valence-electron chi connectivity index (χ3n) is 1.17. The molecule has 12 heavy (non-hydrogen) atoms. The molecule has 0 aliphatic heterocycles. The van der Waals surface area contributed by atoms with Gasteiger partial charge in [-0.1, -0.05) is 12.0 Å². The summed E-state index contributed by atoms with van der Waals surface area (Å²) in [5.41, 5.74) is 0. The van der Waals surface area contributed by atoms with Crippen molar-refractivity contribution in [2.45, 2.75) is 19.8 Å². The highest BCUT2D eigenvalue weighted by molar-refractivity contribution is 4.91. The van der Waals surface area contributed by atoms with Gasteiger partial charge in [-0.2, -0.15) is 0 Å². The van der Waals surface area contributed by atoms with Gasteiger partial charge in [0.05, 0.1) is 12.4 Å². The second-order valence-corrected chi connectivity index (χ2v) is 2.00. The van der Waals surface area contributed by atoms with Gasteiger partial charge < -0.3 is 9.84 Å². The van der Waals surface area contributed by atoms with Gasteiger partial charge in [-0.25, -0.2) is 10.1 Å². The van der Waals surface area contributed by atoms with Crippen molar-refractivity contribution >= 4 is 0 Å². The van der Waals surface area contributed by atoms with Crippen LogP contribution in [-0.4, -0.2) is 23.8 Å². The van der Waals surface area contributed by atoms with E-state index in [0.717, 1.165) is 6.42 Å². The molecule has 2 N–H and O–H groups in total. The summed E-state index contributed by atoms with van der Waals surface area (Å²) in [7, 11) is 0. The third kappa shape index (κ3) is 6.11. The van der Waals surface area contributed by atoms with Gasteiger partial charge >= 0.3 is 0 Å². The summed E-state index contributed by atoms with van der Waals surface area (Å²) in [4.78, 5) is 4.21. The van der Waals surface area contributed by atoms with Gasteiger partial charge in [0, 0.05) is 6.42 Å². The van der Waals surface area contributed by atoms with Crippen molar-refractivity contribution in [1.82, 2.24) is 0 Å². The maximum absolute atomic E-state index is 8.44. The van der Waals surface area contributed by atoms with E-state index in [1.54, 1.807) is 0 Å². The minimum absolute atomic E-state index is 0.183. The molecule has 0 bridgehead atoms. The second kappa shape index (κ2) is 8.48. The van der Waals surface area contributed by atoms with Crippen molar-refractivity contribution in [2.75, 3.05) is 13.4 Å². The van der Waals surface area contributed by atoms with Gasteiger partial charge in [0.2, 0.25) is 0 Å². The Labute approximate surface area is 71.0 Å². The molecule has 0 fully saturated rings. The van der Waals surface area contributed by atoms with Gasteiger partial charge in [-0.05, 0) is 12.5 Å². The van der Waals surface area contributed by atoms with E-state index in [1.807, 2.05) is 13.0 Å². The quantitative estimate of drug-likeness (QED) is 0.200. The van der Waals surface area contributed by atoms with E-state index in [4.69, 9.17) is 15.1 Å². The summed E-state index contributed by atoms with van der Waals surface area (Å²) in [5.74, 6) is 0.622. The van der Waals surface area contributed by atoms with Crippen molar-refractivity contribution in [3.8, 4) is 0 Å². The van der Waals surface area contributed by atoms with E-state index in [1.165, 1.54) is 0 Å². The molecule has 0 unspecified atom stereocenters. The molecule has 0 amide bonds. The molecule has 5 heteroatoms. The largest absolute Gasteiger partial charge is 0.472 e. The predicted octanol–water partition coefficient (Wildman–Crippen LogP) is 1.06. The molecule has 0 aliphatic rings. The average Bonchev–Trinajstić information content (AvgIpc) is 2.06. The lowest BCUT2D eigenvalue weighted by atomic mass is 10.3. The van der Waals surface area contributed by atoms with Crippen LogP contribution in [0.4, 0.5) is 0 Å². The highest BCUT2D eigenvalue weighted by Crippen LogP contribution is 2.04. The zero-order chi connectivity index (χ0) is 9.23. The number of allylic oxidation sites excluding steroid dienone is 1. The smallest absolute Gasteiger partial charge is 0.185 e. The van der Waals surface area contributed by atoms with Crippen LogP contribution in [0.25, 0.3) is 0 Å². The van der Waals surface area contributed by atoms with E-state index >= 15 is 0 Å². The van der Waals surface area contributed by atoms with Crippen molar-refractivity contribution in [3.63, 3.8) is 0 Å². The molecule has 0 radical (unpaired) electrons. The first kappa shape index (κ1) is 11.4. The summed E-state index contributed by atoms with van der Waals surface area (Å²) >= 11 is 0. The molecule has 0 saturated carbocycles. The standard InChI is InChI=1S/C7H14O5/c1-2-3-7(10-6-8)4-5-11-12-9/h3,8-9H,2,4-6H2,1H3/b7-3-. The molecule has 72 valence electrons. The molecule has 0 aliphatic carbocycles. The van der Waals surface area contributed by atoms with Crippen LogP contribution in [0, 0.1) is 0 Å². The molecule has 0 aromatic carbocycles. The van der Waals surface area contributed by atoms with Gasteiger partial charge in [-0.15, -0.1) is 0 Å². The van der Waals surface area contributed by atoms with E-state index in [2.05, 4.69) is 9.93 Å². The zero-order valence-corrected chi connectivity index (χ0v) is 7.02. The molecule has 0 spiro atoms. The van der Waals surface area contributed by atoms with Gasteiger partial charge in [0.25, 0.3) is 0 Å². The Kier molecular flexibility index (Phi) is 8.04. The summed E-state index contributed by atoms with van der Waals surface area (Å²) in [6.07, 6.45) is 3.08. The fourth-order valence-electron chi connectivity index (χ4n) is 0.723. The molecule has 0 atom stereocenters. The molecular formula is C7H14O5. The fraction of sp³-hybridized carbons (Fsp3) is 0.714. The first-order valence-corrected chi connectivity index (χ1v) is 3.70. The van der Waals surface area contributed by atoms with E-state index in [0.29, 0.717) is 12.2 Å². The van der Waals surface area contributed by atoms with Crippen LogP contribution >= 0.6 is 0 Å². The third-order valence-corrected chi connectivity index (χ3v) is 1.17. The first-order valence-electron chi connectivity index (χ1n) is 3.70. The number of aliphatic hydroxyl groups is 1. The van der Waals surface area contributed by atoms with Crippen LogP contribution in [0.2, 0.25) is 0 Å². The minimum Gasteiger partial charge on any atom is -0.472 e. The lowest BCUT2D eigenvalue weighted by molar-refractivity contribution is -0.490.